The van der Waals surface area contributed by atoms with Crippen LogP contribution in [0.1, 0.15) is 25.8 Å². The maximum Gasteiger partial charge on any atom is 0.408 e. The number of para-hydroxylation sites is 1. The Balaban J connectivity index is 1.80. The van der Waals surface area contributed by atoms with Crippen LogP contribution in [0, 0.1) is 0 Å². The van der Waals surface area contributed by atoms with E-state index in [1.54, 1.807) is 19.1 Å². The van der Waals surface area contributed by atoms with Gasteiger partial charge >= 0.3 is 6.18 Å². The molecule has 0 bridgehead atoms. The second-order valence-corrected chi connectivity index (χ2v) is 7.13. The van der Waals surface area contributed by atoms with Gasteiger partial charge in [0.1, 0.15) is 18.0 Å². The predicted octanol–water partition coefficient (Wildman–Crippen LogP) is 6.67. The average Bonchev–Trinajstić information content (AvgIpc) is 2.78. The van der Waals surface area contributed by atoms with Gasteiger partial charge in [-0.25, -0.2) is 5.01 Å². The van der Waals surface area contributed by atoms with E-state index in [0.29, 0.717) is 22.0 Å². The van der Waals surface area contributed by atoms with Crippen molar-refractivity contribution in [1.82, 2.24) is 5.01 Å². The van der Waals surface area contributed by atoms with Crippen molar-refractivity contribution in [1.29, 1.82) is 0 Å². The number of nitrogens with zero attached hydrogens (tertiary/aromatic N) is 2. The highest BCUT2D eigenvalue weighted by atomic mass is 19.4. The van der Waals surface area contributed by atoms with Crippen LogP contribution in [0.2, 0.25) is 0 Å². The highest BCUT2D eigenvalue weighted by Gasteiger charge is 2.33. The number of alkyl halides is 3. The summed E-state index contributed by atoms with van der Waals surface area (Å²) in [5, 5.41) is 4.44. The molecule has 0 atom stereocenters. The SMILES string of the molecule is CCC(=O)N(CC(F)(F)F)/N=C(\C)c1cccc(-c2ccc(Oc3ccccc3)cc2)c1. The van der Waals surface area contributed by atoms with Crippen molar-refractivity contribution in [3.63, 3.8) is 0 Å². The minimum atomic E-state index is -4.53. The number of amides is 1. The van der Waals surface area contributed by atoms with Gasteiger partial charge in [-0.15, -0.1) is 0 Å². The van der Waals surface area contributed by atoms with Crippen molar-refractivity contribution in [2.75, 3.05) is 6.54 Å². The Labute approximate surface area is 184 Å². The van der Waals surface area contributed by atoms with Crippen molar-refractivity contribution in [3.8, 4) is 22.6 Å². The summed E-state index contributed by atoms with van der Waals surface area (Å²) in [6.45, 7) is 1.67. The van der Waals surface area contributed by atoms with Crippen molar-refractivity contribution in [2.45, 2.75) is 26.4 Å². The second-order valence-electron chi connectivity index (χ2n) is 7.13. The van der Waals surface area contributed by atoms with Gasteiger partial charge in [0.2, 0.25) is 5.91 Å². The van der Waals surface area contributed by atoms with E-state index in [4.69, 9.17) is 4.74 Å². The number of halogens is 3. The Hall–Kier alpha value is -3.61. The van der Waals surface area contributed by atoms with Crippen LogP contribution >= 0.6 is 0 Å². The van der Waals surface area contributed by atoms with Gasteiger partial charge in [-0.1, -0.05) is 55.5 Å². The molecule has 0 saturated carbocycles. The molecule has 7 heteroatoms. The van der Waals surface area contributed by atoms with Crippen LogP contribution in [-0.2, 0) is 4.79 Å². The molecule has 32 heavy (non-hydrogen) atoms. The molecule has 0 aliphatic heterocycles. The van der Waals surface area contributed by atoms with Gasteiger partial charge in [-0.3, -0.25) is 4.79 Å². The minimum absolute atomic E-state index is 0.0652. The maximum absolute atomic E-state index is 12.8. The highest BCUT2D eigenvalue weighted by Crippen LogP contribution is 2.26. The highest BCUT2D eigenvalue weighted by molar-refractivity contribution is 6.00. The molecule has 1 amide bonds. The molecule has 0 saturated heterocycles. The molecule has 3 aromatic rings. The molecule has 0 unspecified atom stereocenters. The fourth-order valence-electron chi connectivity index (χ4n) is 3.03. The number of hydrogen-bond acceptors (Lipinski definition) is 3. The Morgan fingerprint density at radius 2 is 1.56 bits per heavy atom. The topological polar surface area (TPSA) is 41.9 Å². The van der Waals surface area contributed by atoms with Gasteiger partial charge in [0.05, 0.1) is 5.71 Å². The molecule has 4 nitrogen and oxygen atoms in total. The zero-order valence-corrected chi connectivity index (χ0v) is 17.8. The molecule has 166 valence electrons. The molecule has 0 aliphatic rings. The molecule has 0 N–H and O–H groups in total. The van der Waals surface area contributed by atoms with Crippen LogP contribution in [-0.4, -0.2) is 29.3 Å². The summed E-state index contributed by atoms with van der Waals surface area (Å²) in [4.78, 5) is 11.9. The molecule has 0 heterocycles. The zero-order valence-electron chi connectivity index (χ0n) is 17.8. The predicted molar refractivity (Wildman–Crippen MR) is 119 cm³/mol. The first-order valence-corrected chi connectivity index (χ1v) is 10.1. The van der Waals surface area contributed by atoms with Crippen LogP contribution in [0.5, 0.6) is 11.5 Å². The van der Waals surface area contributed by atoms with Crippen LogP contribution < -0.4 is 4.74 Å². The van der Waals surface area contributed by atoms with Crippen LogP contribution in [0.4, 0.5) is 13.2 Å². The first kappa shape index (κ1) is 23.1. The summed E-state index contributed by atoms with van der Waals surface area (Å²) in [6, 6.07) is 24.2. The molecule has 0 aliphatic carbocycles. The lowest BCUT2D eigenvalue weighted by Gasteiger charge is -2.19. The number of hydrazone groups is 1. The molecule has 0 fully saturated rings. The van der Waals surface area contributed by atoms with E-state index in [2.05, 4.69) is 5.10 Å². The van der Waals surface area contributed by atoms with Crippen molar-refractivity contribution < 1.29 is 22.7 Å². The molecule has 0 spiro atoms. The molecule has 0 aromatic heterocycles. The standard InChI is InChI=1S/C25H23F3N2O2/c1-3-24(31)30(17-25(26,27)28)29-18(2)20-8-7-9-21(16-20)19-12-14-23(15-13-19)32-22-10-5-4-6-11-22/h4-16H,3,17H2,1-2H3/b29-18+. The van der Waals surface area contributed by atoms with E-state index in [-0.39, 0.29) is 6.42 Å². The van der Waals surface area contributed by atoms with Gasteiger partial charge in [0, 0.05) is 6.42 Å². The van der Waals surface area contributed by atoms with E-state index in [1.165, 1.54) is 6.92 Å². The number of carbonyl (C=O) groups excluding carboxylic acids is 1. The lowest BCUT2D eigenvalue weighted by molar-refractivity contribution is -0.161. The molecular weight excluding hydrogens is 417 g/mol. The summed E-state index contributed by atoms with van der Waals surface area (Å²) in [7, 11) is 0. The Morgan fingerprint density at radius 1 is 0.906 bits per heavy atom. The maximum atomic E-state index is 12.8. The quantitative estimate of drug-likeness (QED) is 0.304. The van der Waals surface area contributed by atoms with Gasteiger partial charge < -0.3 is 4.74 Å². The number of ether oxygens (including phenoxy) is 1. The normalized spacial score (nSPS) is 11.8. The van der Waals surface area contributed by atoms with E-state index >= 15 is 0 Å². The van der Waals surface area contributed by atoms with Gasteiger partial charge in [0.25, 0.3) is 0 Å². The van der Waals surface area contributed by atoms with Crippen LogP contribution in [0.3, 0.4) is 0 Å². The second kappa shape index (κ2) is 10.1. The largest absolute Gasteiger partial charge is 0.457 e. The molecule has 0 radical (unpaired) electrons. The summed E-state index contributed by atoms with van der Waals surface area (Å²) in [5.41, 5.74) is 2.73. The van der Waals surface area contributed by atoms with Gasteiger partial charge in [-0.2, -0.15) is 18.3 Å². The smallest absolute Gasteiger partial charge is 0.408 e. The third-order valence-corrected chi connectivity index (χ3v) is 4.64. The van der Waals surface area contributed by atoms with Gasteiger partial charge in [-0.05, 0) is 53.9 Å². The van der Waals surface area contributed by atoms with Crippen molar-refractivity contribution in [3.05, 3.63) is 84.4 Å². The minimum Gasteiger partial charge on any atom is -0.457 e. The van der Waals surface area contributed by atoms with E-state index < -0.39 is 18.6 Å². The number of carbonyl (C=O) groups is 1. The fourth-order valence-corrected chi connectivity index (χ4v) is 3.03. The fraction of sp³-hybridized carbons (Fsp3) is 0.200. The monoisotopic (exact) mass is 440 g/mol. The van der Waals surface area contributed by atoms with Crippen LogP contribution in [0.25, 0.3) is 11.1 Å². The van der Waals surface area contributed by atoms with Crippen molar-refractivity contribution in [2.24, 2.45) is 5.10 Å². The first-order valence-electron chi connectivity index (χ1n) is 10.1. The molecule has 3 aromatic carbocycles. The zero-order chi connectivity index (χ0) is 23.1. The first-order chi connectivity index (χ1) is 15.2. The Bertz CT molecular complexity index is 1080. The summed E-state index contributed by atoms with van der Waals surface area (Å²) < 4.78 is 44.3. The Kier molecular flexibility index (Phi) is 7.30. The average molecular weight is 440 g/mol. The lowest BCUT2D eigenvalue weighted by Crippen LogP contribution is -2.35. The third kappa shape index (κ3) is 6.44. The lowest BCUT2D eigenvalue weighted by atomic mass is 10.0. The Morgan fingerprint density at radius 3 is 2.19 bits per heavy atom. The number of benzene rings is 3. The molecular formula is C25H23F3N2O2. The number of hydrogen-bond donors (Lipinski definition) is 0. The summed E-state index contributed by atoms with van der Waals surface area (Å²) >= 11 is 0. The van der Waals surface area contributed by atoms with Crippen LogP contribution in [0.15, 0.2) is 84.0 Å². The molecule has 3 rings (SSSR count). The van der Waals surface area contributed by atoms with E-state index in [1.807, 2.05) is 66.7 Å². The summed E-state index contributed by atoms with van der Waals surface area (Å²) in [5.74, 6) is 0.737. The number of rotatable bonds is 7. The van der Waals surface area contributed by atoms with E-state index in [9.17, 15) is 18.0 Å². The van der Waals surface area contributed by atoms with Gasteiger partial charge in [0.15, 0.2) is 0 Å². The van der Waals surface area contributed by atoms with E-state index in [0.717, 1.165) is 16.9 Å². The summed E-state index contributed by atoms with van der Waals surface area (Å²) in [6.07, 6.45) is -4.59. The third-order valence-electron chi connectivity index (χ3n) is 4.64. The van der Waals surface area contributed by atoms with Crippen molar-refractivity contribution >= 4 is 11.6 Å².